The fraction of sp³-hybridized carbons (Fsp3) is 0.650. The quantitative estimate of drug-likeness (QED) is 0.274. The molecule has 0 fully saturated rings. The maximum atomic E-state index is 12.2. The van der Waals surface area contributed by atoms with E-state index in [1.807, 2.05) is 0 Å². The number of aromatic hydroxyl groups is 2. The summed E-state index contributed by atoms with van der Waals surface area (Å²) in [7, 11) is 0. The highest BCUT2D eigenvalue weighted by atomic mass is 16.3. The highest BCUT2D eigenvalue weighted by Gasteiger charge is 2.15. The summed E-state index contributed by atoms with van der Waals surface area (Å²) in [5.74, 6) is 0.109. The van der Waals surface area contributed by atoms with Crippen LogP contribution in [-0.4, -0.2) is 27.7 Å². The number of hydrogen-bond donors (Lipinski definition) is 3. The van der Waals surface area contributed by atoms with E-state index in [0.717, 1.165) is 25.7 Å². The van der Waals surface area contributed by atoms with Gasteiger partial charge in [-0.1, -0.05) is 58.3 Å². The molecule has 1 rings (SSSR count). The monoisotopic (exact) mass is 336 g/mol. The normalized spacial score (nSPS) is 12.2. The summed E-state index contributed by atoms with van der Waals surface area (Å²) in [6.07, 6.45) is 10.7. The van der Waals surface area contributed by atoms with Crippen LogP contribution in [0.25, 0.3) is 0 Å². The molecule has 1 aromatic carbocycles. The van der Waals surface area contributed by atoms with E-state index in [0.29, 0.717) is 13.0 Å². The molecule has 0 spiro atoms. The van der Waals surface area contributed by atoms with Crippen LogP contribution >= 0.6 is 0 Å². The molecule has 0 saturated carbocycles. The number of phenols is 2. The second-order valence-electron chi connectivity index (χ2n) is 6.77. The molecule has 0 radical (unpaired) electrons. The van der Waals surface area contributed by atoms with Gasteiger partial charge in [-0.3, -0.25) is 4.79 Å². The number of phenolic OH excluding ortho intramolecular Hbond substituents is 2. The standard InChI is InChI=1S/C20H32O4/c1-16(10-8-6-4-2-3-5-7-9-13-21)14-20(24)18-15-17(22)11-12-19(18)23/h11-12,15-16,21-23H,2-10,13-14H2,1H3. The number of carbonyl (C=O) groups excluding carboxylic acids is 1. The van der Waals surface area contributed by atoms with Crippen LogP contribution in [-0.2, 0) is 0 Å². The molecule has 0 bridgehead atoms. The van der Waals surface area contributed by atoms with E-state index in [1.165, 1.54) is 50.3 Å². The van der Waals surface area contributed by atoms with Crippen molar-refractivity contribution in [2.24, 2.45) is 5.92 Å². The van der Waals surface area contributed by atoms with Gasteiger partial charge in [-0.15, -0.1) is 0 Å². The van der Waals surface area contributed by atoms with E-state index in [-0.39, 0.29) is 28.8 Å². The molecule has 136 valence electrons. The Kier molecular flexibility index (Phi) is 10.2. The molecule has 3 N–H and O–H groups in total. The Hall–Kier alpha value is -1.55. The van der Waals surface area contributed by atoms with Gasteiger partial charge in [0.2, 0.25) is 0 Å². The molecule has 0 aromatic heterocycles. The van der Waals surface area contributed by atoms with E-state index in [9.17, 15) is 15.0 Å². The van der Waals surface area contributed by atoms with Gasteiger partial charge in [0, 0.05) is 13.0 Å². The number of rotatable bonds is 13. The molecule has 1 unspecified atom stereocenters. The Morgan fingerprint density at radius 3 is 2.17 bits per heavy atom. The van der Waals surface area contributed by atoms with Crippen LogP contribution in [0.2, 0.25) is 0 Å². The minimum Gasteiger partial charge on any atom is -0.508 e. The molecule has 0 amide bonds. The van der Waals surface area contributed by atoms with E-state index in [1.54, 1.807) is 0 Å². The van der Waals surface area contributed by atoms with Crippen molar-refractivity contribution in [2.45, 2.75) is 71.1 Å². The van der Waals surface area contributed by atoms with Gasteiger partial charge >= 0.3 is 0 Å². The van der Waals surface area contributed by atoms with Crippen molar-refractivity contribution < 1.29 is 20.1 Å². The number of Topliss-reactive ketones (excluding diaryl/α,β-unsaturated/α-hetero) is 1. The number of ketones is 1. The van der Waals surface area contributed by atoms with Crippen molar-refractivity contribution >= 4 is 5.78 Å². The van der Waals surface area contributed by atoms with Gasteiger partial charge in [0.25, 0.3) is 0 Å². The summed E-state index contributed by atoms with van der Waals surface area (Å²) in [6.45, 7) is 2.36. The molecule has 0 saturated heterocycles. The Balaban J connectivity index is 2.14. The Bertz CT molecular complexity index is 485. The molecule has 1 atom stereocenters. The predicted molar refractivity (Wildman–Crippen MR) is 96.5 cm³/mol. The SMILES string of the molecule is CC(CCCCCCCCCCO)CC(=O)c1cc(O)ccc1O. The van der Waals surface area contributed by atoms with Crippen LogP contribution in [0.5, 0.6) is 11.5 Å². The zero-order valence-corrected chi connectivity index (χ0v) is 14.8. The van der Waals surface area contributed by atoms with E-state index >= 15 is 0 Å². The molecule has 4 nitrogen and oxygen atoms in total. The van der Waals surface area contributed by atoms with Crippen molar-refractivity contribution in [1.29, 1.82) is 0 Å². The largest absolute Gasteiger partial charge is 0.508 e. The molecule has 0 aliphatic rings. The van der Waals surface area contributed by atoms with Gasteiger partial charge in [0.05, 0.1) is 5.56 Å². The lowest BCUT2D eigenvalue weighted by molar-refractivity contribution is 0.0959. The highest BCUT2D eigenvalue weighted by molar-refractivity contribution is 5.99. The summed E-state index contributed by atoms with van der Waals surface area (Å²) in [4.78, 5) is 12.2. The lowest BCUT2D eigenvalue weighted by Gasteiger charge is -2.11. The first-order chi connectivity index (χ1) is 11.5. The number of aliphatic hydroxyl groups excluding tert-OH is 1. The fourth-order valence-corrected chi connectivity index (χ4v) is 2.94. The fourth-order valence-electron chi connectivity index (χ4n) is 2.94. The summed E-state index contributed by atoms with van der Waals surface area (Å²) in [5.41, 5.74) is 0.213. The zero-order valence-electron chi connectivity index (χ0n) is 14.8. The topological polar surface area (TPSA) is 77.8 Å². The molecular weight excluding hydrogens is 304 g/mol. The van der Waals surface area contributed by atoms with Crippen LogP contribution in [0.3, 0.4) is 0 Å². The number of benzene rings is 1. The summed E-state index contributed by atoms with van der Waals surface area (Å²) in [6, 6.07) is 4.06. The third-order valence-electron chi connectivity index (χ3n) is 4.42. The molecule has 1 aromatic rings. The number of carbonyl (C=O) groups is 1. The van der Waals surface area contributed by atoms with Gasteiger partial charge in [-0.2, -0.15) is 0 Å². The summed E-state index contributed by atoms with van der Waals surface area (Å²) < 4.78 is 0. The first-order valence-corrected chi connectivity index (χ1v) is 9.20. The second kappa shape index (κ2) is 11.9. The smallest absolute Gasteiger partial charge is 0.166 e. The number of unbranched alkanes of at least 4 members (excludes halogenated alkanes) is 7. The Morgan fingerprint density at radius 2 is 1.54 bits per heavy atom. The molecule has 4 heteroatoms. The average Bonchev–Trinajstić information content (AvgIpc) is 2.55. The van der Waals surface area contributed by atoms with E-state index < -0.39 is 0 Å². The van der Waals surface area contributed by atoms with Gasteiger partial charge in [-0.25, -0.2) is 0 Å². The minimum absolute atomic E-state index is 0.00258. The van der Waals surface area contributed by atoms with E-state index in [4.69, 9.17) is 5.11 Å². The van der Waals surface area contributed by atoms with Crippen molar-refractivity contribution in [2.75, 3.05) is 6.61 Å². The Labute approximate surface area is 145 Å². The van der Waals surface area contributed by atoms with Crippen LogP contribution in [0.1, 0.15) is 81.5 Å². The lowest BCUT2D eigenvalue weighted by Crippen LogP contribution is -2.06. The first kappa shape index (κ1) is 20.5. The molecule has 0 heterocycles. The summed E-state index contributed by atoms with van der Waals surface area (Å²) >= 11 is 0. The maximum Gasteiger partial charge on any atom is 0.166 e. The molecule has 0 aliphatic carbocycles. The van der Waals surface area contributed by atoms with Crippen LogP contribution < -0.4 is 0 Å². The number of hydrogen-bond acceptors (Lipinski definition) is 4. The summed E-state index contributed by atoms with van der Waals surface area (Å²) in [5, 5.41) is 27.9. The minimum atomic E-state index is -0.111. The van der Waals surface area contributed by atoms with E-state index in [2.05, 4.69) is 6.92 Å². The average molecular weight is 336 g/mol. The van der Waals surface area contributed by atoms with Crippen molar-refractivity contribution in [3.8, 4) is 11.5 Å². The third kappa shape index (κ3) is 8.34. The second-order valence-corrected chi connectivity index (χ2v) is 6.77. The predicted octanol–water partition coefficient (Wildman–Crippen LogP) is 4.81. The van der Waals surface area contributed by atoms with Crippen molar-refractivity contribution in [1.82, 2.24) is 0 Å². The lowest BCUT2D eigenvalue weighted by atomic mass is 9.94. The molecule has 24 heavy (non-hydrogen) atoms. The first-order valence-electron chi connectivity index (χ1n) is 9.20. The number of aliphatic hydroxyl groups is 1. The van der Waals surface area contributed by atoms with Crippen LogP contribution in [0.4, 0.5) is 0 Å². The van der Waals surface area contributed by atoms with Gasteiger partial charge in [0.15, 0.2) is 5.78 Å². The molecule has 0 aliphatic heterocycles. The maximum absolute atomic E-state index is 12.2. The van der Waals surface area contributed by atoms with Crippen LogP contribution in [0.15, 0.2) is 18.2 Å². The van der Waals surface area contributed by atoms with Gasteiger partial charge in [-0.05, 0) is 30.5 Å². The highest BCUT2D eigenvalue weighted by Crippen LogP contribution is 2.25. The van der Waals surface area contributed by atoms with Gasteiger partial charge < -0.3 is 15.3 Å². The van der Waals surface area contributed by atoms with Crippen molar-refractivity contribution in [3.63, 3.8) is 0 Å². The van der Waals surface area contributed by atoms with Crippen LogP contribution in [0, 0.1) is 5.92 Å². The zero-order chi connectivity index (χ0) is 17.8. The Morgan fingerprint density at radius 1 is 0.958 bits per heavy atom. The molecular formula is C20H32O4. The third-order valence-corrected chi connectivity index (χ3v) is 4.42. The van der Waals surface area contributed by atoms with Crippen molar-refractivity contribution in [3.05, 3.63) is 23.8 Å². The van der Waals surface area contributed by atoms with Gasteiger partial charge in [0.1, 0.15) is 11.5 Å².